The molecule has 0 aromatic carbocycles. The zero-order valence-corrected chi connectivity index (χ0v) is 16.6. The Morgan fingerprint density at radius 1 is 1.23 bits per heavy atom. The number of allylic oxidation sites excluding steroid dienone is 3. The van der Waals surface area contributed by atoms with E-state index in [2.05, 4.69) is 20.8 Å². The number of ketones is 1. The topological polar surface area (TPSA) is 74.6 Å². The number of carbonyl (C=O) groups excluding carboxylic acids is 1. The maximum absolute atomic E-state index is 12.1. The molecule has 0 heterocycles. The molecule has 1 aliphatic rings. The SMILES string of the molecule is CCCCC(C)(C)[C@H](O)/C=C\[C@@H]1C=CC(=O)[C@@H]1CCCCCCC(=O)O. The molecule has 148 valence electrons. The van der Waals surface area contributed by atoms with Gasteiger partial charge in [0.05, 0.1) is 6.10 Å². The third kappa shape index (κ3) is 7.86. The smallest absolute Gasteiger partial charge is 0.303 e. The Kier molecular flexibility index (Phi) is 9.85. The summed E-state index contributed by atoms with van der Waals surface area (Å²) in [6, 6.07) is 0. The molecule has 3 atom stereocenters. The lowest BCUT2D eigenvalue weighted by Gasteiger charge is -2.29. The minimum absolute atomic E-state index is 0.0309. The average molecular weight is 365 g/mol. The van der Waals surface area contributed by atoms with Crippen LogP contribution in [0.2, 0.25) is 0 Å². The van der Waals surface area contributed by atoms with Crippen molar-refractivity contribution in [2.75, 3.05) is 0 Å². The van der Waals surface area contributed by atoms with Gasteiger partial charge < -0.3 is 10.2 Å². The summed E-state index contributed by atoms with van der Waals surface area (Å²) in [6.07, 6.45) is 14.7. The molecule has 0 fully saturated rings. The van der Waals surface area contributed by atoms with E-state index in [1.54, 1.807) is 6.08 Å². The lowest BCUT2D eigenvalue weighted by atomic mass is 9.80. The predicted molar refractivity (Wildman–Crippen MR) is 105 cm³/mol. The maximum Gasteiger partial charge on any atom is 0.303 e. The molecule has 4 nitrogen and oxygen atoms in total. The Morgan fingerprint density at radius 2 is 1.92 bits per heavy atom. The highest BCUT2D eigenvalue weighted by Crippen LogP contribution is 2.32. The lowest BCUT2D eigenvalue weighted by molar-refractivity contribution is -0.137. The molecule has 0 saturated carbocycles. The van der Waals surface area contributed by atoms with Crippen LogP contribution >= 0.6 is 0 Å². The number of aliphatic hydroxyl groups excluding tert-OH is 1. The van der Waals surface area contributed by atoms with Crippen LogP contribution in [-0.2, 0) is 9.59 Å². The summed E-state index contributed by atoms with van der Waals surface area (Å²) in [5, 5.41) is 19.1. The highest BCUT2D eigenvalue weighted by Gasteiger charge is 2.29. The van der Waals surface area contributed by atoms with E-state index in [4.69, 9.17) is 5.11 Å². The second-order valence-electron chi connectivity index (χ2n) is 8.21. The van der Waals surface area contributed by atoms with Gasteiger partial charge in [-0.2, -0.15) is 0 Å². The molecule has 1 rings (SSSR count). The van der Waals surface area contributed by atoms with Crippen LogP contribution in [0.25, 0.3) is 0 Å². The number of carboxylic acid groups (broad SMARTS) is 1. The molecule has 4 heteroatoms. The van der Waals surface area contributed by atoms with Gasteiger partial charge in [-0.15, -0.1) is 0 Å². The Morgan fingerprint density at radius 3 is 2.58 bits per heavy atom. The molecule has 0 radical (unpaired) electrons. The summed E-state index contributed by atoms with van der Waals surface area (Å²) in [5.41, 5.74) is -0.154. The first kappa shape index (κ1) is 22.6. The van der Waals surface area contributed by atoms with Crippen molar-refractivity contribution in [3.63, 3.8) is 0 Å². The van der Waals surface area contributed by atoms with Crippen molar-refractivity contribution in [2.45, 2.75) is 84.7 Å². The zero-order chi connectivity index (χ0) is 19.6. The molecule has 0 aliphatic heterocycles. The molecule has 26 heavy (non-hydrogen) atoms. The van der Waals surface area contributed by atoms with E-state index < -0.39 is 12.1 Å². The Hall–Kier alpha value is -1.42. The van der Waals surface area contributed by atoms with E-state index in [-0.39, 0.29) is 29.5 Å². The molecule has 0 amide bonds. The van der Waals surface area contributed by atoms with Crippen molar-refractivity contribution in [3.05, 3.63) is 24.3 Å². The Labute approximate surface area is 158 Å². The molecule has 0 aromatic heterocycles. The van der Waals surface area contributed by atoms with Crippen molar-refractivity contribution >= 4 is 11.8 Å². The minimum Gasteiger partial charge on any atom is -0.481 e. The summed E-state index contributed by atoms with van der Waals surface area (Å²) in [6.45, 7) is 6.32. The van der Waals surface area contributed by atoms with E-state index >= 15 is 0 Å². The van der Waals surface area contributed by atoms with Crippen molar-refractivity contribution in [1.29, 1.82) is 0 Å². The second-order valence-corrected chi connectivity index (χ2v) is 8.21. The zero-order valence-electron chi connectivity index (χ0n) is 16.6. The van der Waals surface area contributed by atoms with Gasteiger partial charge in [0, 0.05) is 18.3 Å². The van der Waals surface area contributed by atoms with Crippen LogP contribution in [0.1, 0.15) is 78.6 Å². The number of hydrogen-bond acceptors (Lipinski definition) is 3. The third-order valence-electron chi connectivity index (χ3n) is 5.46. The molecule has 0 unspecified atom stereocenters. The molecule has 0 spiro atoms. The summed E-state index contributed by atoms with van der Waals surface area (Å²) >= 11 is 0. The predicted octanol–water partition coefficient (Wildman–Crippen LogP) is 4.92. The summed E-state index contributed by atoms with van der Waals surface area (Å²) < 4.78 is 0. The Balaban J connectivity index is 2.45. The van der Waals surface area contributed by atoms with Crippen LogP contribution in [0.3, 0.4) is 0 Å². The highest BCUT2D eigenvalue weighted by molar-refractivity contribution is 5.94. The van der Waals surface area contributed by atoms with Crippen molar-refractivity contribution in [3.8, 4) is 0 Å². The van der Waals surface area contributed by atoms with Crippen LogP contribution in [0.15, 0.2) is 24.3 Å². The number of carbonyl (C=O) groups is 2. The monoisotopic (exact) mass is 364 g/mol. The van der Waals surface area contributed by atoms with E-state index in [0.717, 1.165) is 44.9 Å². The van der Waals surface area contributed by atoms with Gasteiger partial charge >= 0.3 is 5.97 Å². The van der Waals surface area contributed by atoms with Crippen LogP contribution in [0.4, 0.5) is 0 Å². The van der Waals surface area contributed by atoms with E-state index in [9.17, 15) is 14.7 Å². The fourth-order valence-electron chi connectivity index (χ4n) is 3.45. The second kappa shape index (κ2) is 11.3. The molecular weight excluding hydrogens is 328 g/mol. The normalized spacial score (nSPS) is 21.6. The summed E-state index contributed by atoms with van der Waals surface area (Å²) in [5.74, 6) is -0.537. The fourth-order valence-corrected chi connectivity index (χ4v) is 3.45. The first-order valence-electron chi connectivity index (χ1n) is 10.1. The van der Waals surface area contributed by atoms with Crippen molar-refractivity contribution < 1.29 is 19.8 Å². The van der Waals surface area contributed by atoms with Crippen LogP contribution in [-0.4, -0.2) is 28.1 Å². The van der Waals surface area contributed by atoms with Gasteiger partial charge in [0.15, 0.2) is 5.78 Å². The maximum atomic E-state index is 12.1. The quantitative estimate of drug-likeness (QED) is 0.359. The number of rotatable bonds is 13. The standard InChI is InChI=1S/C22H36O4/c1-4-5-16-22(2,3)20(24)15-13-17-12-14-19(23)18(17)10-8-6-7-9-11-21(25)26/h12-15,17-18,20,24H,4-11,16H2,1-3H3,(H,25,26)/b15-13-/t17-,18+,20+/m0/s1. The first-order valence-corrected chi connectivity index (χ1v) is 10.1. The van der Waals surface area contributed by atoms with Crippen LogP contribution in [0, 0.1) is 17.3 Å². The van der Waals surface area contributed by atoms with Gasteiger partial charge in [-0.1, -0.05) is 71.1 Å². The highest BCUT2D eigenvalue weighted by atomic mass is 16.4. The summed E-state index contributed by atoms with van der Waals surface area (Å²) in [4.78, 5) is 22.6. The van der Waals surface area contributed by atoms with Crippen molar-refractivity contribution in [2.24, 2.45) is 17.3 Å². The molecule has 0 saturated heterocycles. The van der Waals surface area contributed by atoms with Gasteiger partial charge in [-0.05, 0) is 30.8 Å². The van der Waals surface area contributed by atoms with E-state index in [1.807, 2.05) is 18.2 Å². The van der Waals surface area contributed by atoms with E-state index in [0.29, 0.717) is 6.42 Å². The third-order valence-corrected chi connectivity index (χ3v) is 5.46. The van der Waals surface area contributed by atoms with Crippen LogP contribution < -0.4 is 0 Å². The molecular formula is C22H36O4. The fraction of sp³-hybridized carbons (Fsp3) is 0.727. The van der Waals surface area contributed by atoms with Gasteiger partial charge in [-0.25, -0.2) is 0 Å². The minimum atomic E-state index is -0.745. The number of carboxylic acids is 1. The molecule has 2 N–H and O–H groups in total. The molecule has 1 aliphatic carbocycles. The number of hydrogen-bond donors (Lipinski definition) is 2. The van der Waals surface area contributed by atoms with Gasteiger partial charge in [0.25, 0.3) is 0 Å². The van der Waals surface area contributed by atoms with Crippen molar-refractivity contribution in [1.82, 2.24) is 0 Å². The van der Waals surface area contributed by atoms with Gasteiger partial charge in [0.1, 0.15) is 0 Å². The Bertz CT molecular complexity index is 504. The number of unbranched alkanes of at least 4 members (excludes halogenated alkanes) is 4. The summed E-state index contributed by atoms with van der Waals surface area (Å²) in [7, 11) is 0. The van der Waals surface area contributed by atoms with Gasteiger partial charge in [0.2, 0.25) is 0 Å². The molecule has 0 bridgehead atoms. The van der Waals surface area contributed by atoms with Gasteiger partial charge in [-0.3, -0.25) is 9.59 Å². The first-order chi connectivity index (χ1) is 12.3. The van der Waals surface area contributed by atoms with E-state index in [1.165, 1.54) is 0 Å². The largest absolute Gasteiger partial charge is 0.481 e. The lowest BCUT2D eigenvalue weighted by Crippen LogP contribution is -2.27. The van der Waals surface area contributed by atoms with Crippen LogP contribution in [0.5, 0.6) is 0 Å². The molecule has 0 aromatic rings. The number of aliphatic hydroxyl groups is 1. The average Bonchev–Trinajstić information content (AvgIpc) is 2.93. The number of aliphatic carboxylic acids is 1.